The van der Waals surface area contributed by atoms with Gasteiger partial charge in [-0.05, 0) is 38.0 Å². The lowest BCUT2D eigenvalue weighted by Crippen LogP contribution is -2.56. The number of hydrogen-bond acceptors (Lipinski definition) is 10. The molecule has 1 amide bonds. The number of carbonyl (C=O) groups is 2. The van der Waals surface area contributed by atoms with E-state index < -0.39 is 49.3 Å². The minimum atomic E-state index is -3.42. The molecule has 4 N–H and O–H groups in total. The second-order valence-corrected chi connectivity index (χ2v) is 9.41. The van der Waals surface area contributed by atoms with Gasteiger partial charge < -0.3 is 30.5 Å². The fourth-order valence-corrected chi connectivity index (χ4v) is 3.94. The number of carbonyl (C=O) groups excluding carboxylic acids is 2. The highest BCUT2D eigenvalue weighted by Gasteiger charge is 2.48. The largest absolute Gasteiger partial charge is 0.483 e. The van der Waals surface area contributed by atoms with Crippen molar-refractivity contribution >= 4 is 17.7 Å². The van der Waals surface area contributed by atoms with E-state index >= 15 is 0 Å². The first-order chi connectivity index (χ1) is 18.1. The summed E-state index contributed by atoms with van der Waals surface area (Å²) in [5.74, 6) is -4.40. The van der Waals surface area contributed by atoms with Crippen molar-refractivity contribution in [1.82, 2.24) is 14.9 Å². The van der Waals surface area contributed by atoms with Crippen LogP contribution in [-0.4, -0.2) is 75.8 Å². The molecule has 1 aliphatic carbocycles. The number of nitrogens with one attached hydrogen (secondary N) is 1. The van der Waals surface area contributed by atoms with Crippen molar-refractivity contribution in [2.24, 2.45) is 11.7 Å². The normalized spacial score (nSPS) is 20.1. The lowest BCUT2D eigenvalue weighted by Gasteiger charge is -2.38. The third-order valence-electron chi connectivity index (χ3n) is 6.29. The fourth-order valence-electron chi connectivity index (χ4n) is 3.94. The number of halogens is 2. The smallest absolute Gasteiger partial charge is 0.323 e. The Hall–Kier alpha value is -3.89. The number of alkyl halides is 2. The topological polar surface area (TPSA) is 164 Å². The number of nitrogens with zero attached hydrogens (tertiary/aromatic N) is 4. The zero-order chi connectivity index (χ0) is 27.4. The Bertz CT molecular complexity index is 1230. The molecular formula is C25H28F2N6O5. The Morgan fingerprint density at radius 1 is 1.32 bits per heavy atom. The van der Waals surface area contributed by atoms with Crippen LogP contribution >= 0.6 is 0 Å². The van der Waals surface area contributed by atoms with Gasteiger partial charge >= 0.3 is 11.9 Å². The monoisotopic (exact) mass is 530 g/mol. The minimum absolute atomic E-state index is 0.0249. The number of anilines is 1. The first kappa shape index (κ1) is 27.2. The van der Waals surface area contributed by atoms with E-state index in [-0.39, 0.29) is 30.2 Å². The van der Waals surface area contributed by atoms with Crippen LogP contribution in [0, 0.1) is 17.2 Å². The molecular weight excluding hydrogens is 502 g/mol. The number of hydrogen-bond donors (Lipinski definition) is 3. The number of aliphatic hydroxyl groups is 1. The number of nitriles is 1. The second kappa shape index (κ2) is 11.2. The number of aromatic nitrogens is 2. The Kier molecular flexibility index (Phi) is 8.03. The predicted octanol–water partition coefficient (Wildman–Crippen LogP) is 1.66. The van der Waals surface area contributed by atoms with Gasteiger partial charge in [-0.15, -0.1) is 0 Å². The zero-order valence-electron chi connectivity index (χ0n) is 20.6. The van der Waals surface area contributed by atoms with E-state index in [0.29, 0.717) is 17.1 Å². The second-order valence-electron chi connectivity index (χ2n) is 9.41. The summed E-state index contributed by atoms with van der Waals surface area (Å²) in [5.41, 5.74) is 6.40. The van der Waals surface area contributed by atoms with Gasteiger partial charge in [0.1, 0.15) is 36.2 Å². The molecule has 2 aromatic rings. The maximum absolute atomic E-state index is 14.9. The van der Waals surface area contributed by atoms with E-state index in [1.54, 1.807) is 12.1 Å². The third-order valence-corrected chi connectivity index (χ3v) is 6.29. The van der Waals surface area contributed by atoms with Gasteiger partial charge in [0.25, 0.3) is 5.91 Å². The molecule has 2 heterocycles. The Morgan fingerprint density at radius 2 is 2.08 bits per heavy atom. The summed E-state index contributed by atoms with van der Waals surface area (Å²) < 4.78 is 40.1. The van der Waals surface area contributed by atoms with Gasteiger partial charge in [-0.25, -0.2) is 18.7 Å². The molecule has 38 heavy (non-hydrogen) atoms. The molecule has 0 bridgehead atoms. The van der Waals surface area contributed by atoms with Crippen molar-refractivity contribution in [2.45, 2.75) is 50.5 Å². The highest BCUT2D eigenvalue weighted by atomic mass is 19.3. The van der Waals surface area contributed by atoms with Crippen molar-refractivity contribution in [3.05, 3.63) is 36.2 Å². The first-order valence-corrected chi connectivity index (χ1v) is 12.1. The zero-order valence-corrected chi connectivity index (χ0v) is 20.6. The summed E-state index contributed by atoms with van der Waals surface area (Å²) in [7, 11) is 0. The Labute approximate surface area is 217 Å². The SMILES string of the molecule is C[C@@H](N)C(=O)OCC(=O)N1CC[C@H](Oc2ccc(-c3cc(NC(O)C4CC4)ncn3)cc2C#N)C(F)(F)C1. The summed E-state index contributed by atoms with van der Waals surface area (Å²) in [6.45, 7) is -0.259. The maximum Gasteiger partial charge on any atom is 0.323 e. The van der Waals surface area contributed by atoms with Gasteiger partial charge in [0, 0.05) is 30.5 Å². The van der Waals surface area contributed by atoms with E-state index in [4.69, 9.17) is 15.2 Å². The summed E-state index contributed by atoms with van der Waals surface area (Å²) in [5, 5.41) is 22.7. The van der Waals surface area contributed by atoms with Crippen LogP contribution in [0.1, 0.15) is 31.7 Å². The van der Waals surface area contributed by atoms with Crippen LogP contribution in [0.25, 0.3) is 11.3 Å². The predicted molar refractivity (Wildman–Crippen MR) is 130 cm³/mol. The fraction of sp³-hybridized carbons (Fsp3) is 0.480. The van der Waals surface area contributed by atoms with Gasteiger partial charge in [-0.1, -0.05) is 0 Å². The molecule has 1 aromatic carbocycles. The van der Waals surface area contributed by atoms with Gasteiger partial charge in [-0.3, -0.25) is 9.59 Å². The average molecular weight is 531 g/mol. The molecule has 0 radical (unpaired) electrons. The van der Waals surface area contributed by atoms with Gasteiger partial charge in [0.15, 0.2) is 12.7 Å². The molecule has 3 atom stereocenters. The average Bonchev–Trinajstić information content (AvgIpc) is 3.74. The van der Waals surface area contributed by atoms with Crippen LogP contribution in [0.2, 0.25) is 0 Å². The van der Waals surface area contributed by atoms with Crippen molar-refractivity contribution in [3.63, 3.8) is 0 Å². The van der Waals surface area contributed by atoms with E-state index in [0.717, 1.165) is 17.7 Å². The quantitative estimate of drug-likeness (QED) is 0.321. The molecule has 1 aliphatic heterocycles. The highest BCUT2D eigenvalue weighted by Crippen LogP contribution is 2.35. The standard InChI is InChI=1S/C25H28F2N6O5/c1-14(29)24(36)37-11-22(34)33-7-6-20(25(26,27)12-33)38-19-5-4-16(8-17(19)10-28)18-9-21(31-13-30-18)32-23(35)15-2-3-15/h4-5,8-9,13-15,20,23,35H,2-3,6-7,11-12,29H2,1H3,(H,30,31,32)/t14-,20+,23?/m1/s1. The van der Waals surface area contributed by atoms with Gasteiger partial charge in [-0.2, -0.15) is 5.26 Å². The number of aliphatic hydroxyl groups excluding tert-OH is 1. The van der Waals surface area contributed by atoms with Crippen LogP contribution in [0.3, 0.4) is 0 Å². The molecule has 11 nitrogen and oxygen atoms in total. The van der Waals surface area contributed by atoms with E-state index in [9.17, 15) is 28.7 Å². The number of piperidine rings is 1. The lowest BCUT2D eigenvalue weighted by atomic mass is 10.0. The van der Waals surface area contributed by atoms with Crippen LogP contribution in [0.15, 0.2) is 30.6 Å². The molecule has 1 aromatic heterocycles. The van der Waals surface area contributed by atoms with Crippen LogP contribution in [0.4, 0.5) is 14.6 Å². The van der Waals surface area contributed by atoms with E-state index in [1.807, 2.05) is 6.07 Å². The van der Waals surface area contributed by atoms with Crippen LogP contribution in [-0.2, 0) is 14.3 Å². The minimum Gasteiger partial charge on any atom is -0.483 e. The van der Waals surface area contributed by atoms with Gasteiger partial charge in [0.2, 0.25) is 0 Å². The molecule has 2 aliphatic rings. The molecule has 1 saturated heterocycles. The lowest BCUT2D eigenvalue weighted by molar-refractivity contribution is -0.166. The Balaban J connectivity index is 1.41. The van der Waals surface area contributed by atoms with Crippen LogP contribution in [0.5, 0.6) is 5.75 Å². The summed E-state index contributed by atoms with van der Waals surface area (Å²) in [4.78, 5) is 32.9. The molecule has 2 fully saturated rings. The van der Waals surface area contributed by atoms with E-state index in [1.165, 1.54) is 25.4 Å². The number of rotatable bonds is 9. The number of benzene rings is 1. The van der Waals surface area contributed by atoms with Crippen molar-refractivity contribution in [1.29, 1.82) is 5.26 Å². The number of amides is 1. The van der Waals surface area contributed by atoms with Crippen molar-refractivity contribution in [3.8, 4) is 23.1 Å². The van der Waals surface area contributed by atoms with Crippen molar-refractivity contribution < 1.29 is 33.0 Å². The molecule has 202 valence electrons. The maximum atomic E-state index is 14.9. The van der Waals surface area contributed by atoms with E-state index in [2.05, 4.69) is 15.3 Å². The summed E-state index contributed by atoms with van der Waals surface area (Å²) in [6, 6.07) is 7.13. The number of likely N-dealkylation sites (tertiary alicyclic amines) is 1. The number of nitrogens with two attached hydrogens (primary N) is 1. The highest BCUT2D eigenvalue weighted by molar-refractivity contribution is 5.82. The summed E-state index contributed by atoms with van der Waals surface area (Å²) >= 11 is 0. The Morgan fingerprint density at radius 3 is 2.74 bits per heavy atom. The first-order valence-electron chi connectivity index (χ1n) is 12.1. The number of esters is 1. The molecule has 0 spiro atoms. The molecule has 13 heteroatoms. The summed E-state index contributed by atoms with van der Waals surface area (Å²) in [6.07, 6.45) is 0.720. The molecule has 1 saturated carbocycles. The van der Waals surface area contributed by atoms with Gasteiger partial charge in [0.05, 0.1) is 17.8 Å². The molecule has 4 rings (SSSR count). The number of ether oxygens (including phenoxy) is 2. The third kappa shape index (κ3) is 6.51. The van der Waals surface area contributed by atoms with Crippen LogP contribution < -0.4 is 15.8 Å². The molecule has 1 unspecified atom stereocenters. The van der Waals surface area contributed by atoms with Crippen molar-refractivity contribution in [2.75, 3.05) is 25.0 Å².